The molecule has 2 aromatic rings. The van der Waals surface area contributed by atoms with Crippen molar-refractivity contribution in [1.29, 1.82) is 5.26 Å². The first kappa shape index (κ1) is 14.8. The van der Waals surface area contributed by atoms with E-state index in [0.29, 0.717) is 11.1 Å². The lowest BCUT2D eigenvalue weighted by Gasteiger charge is -2.11. The number of aromatic nitrogens is 1. The number of hydrogen-bond acceptors (Lipinski definition) is 3. The normalized spacial score (nSPS) is 11.0. The van der Waals surface area contributed by atoms with Gasteiger partial charge in [-0.2, -0.15) is 9.65 Å². The van der Waals surface area contributed by atoms with Gasteiger partial charge in [0.05, 0.1) is 12.5 Å². The Morgan fingerprint density at radius 2 is 1.81 bits per heavy atom. The van der Waals surface area contributed by atoms with E-state index in [0.717, 1.165) is 12.1 Å². The fourth-order valence-electron chi connectivity index (χ4n) is 1.83. The summed E-state index contributed by atoms with van der Waals surface area (Å²) in [6, 6.07) is 8.09. The zero-order chi connectivity index (χ0) is 15.5. The smallest absolute Gasteiger partial charge is 0.406 e. The van der Waals surface area contributed by atoms with Crippen molar-refractivity contribution in [3.8, 4) is 22.9 Å². The lowest BCUT2D eigenvalue weighted by atomic mass is 10.00. The Kier molecular flexibility index (Phi) is 4.08. The van der Waals surface area contributed by atoms with Gasteiger partial charge in [-0.25, -0.2) is 4.98 Å². The number of benzene rings is 1. The third kappa shape index (κ3) is 3.69. The summed E-state index contributed by atoms with van der Waals surface area (Å²) in [7, 11) is 0. The summed E-state index contributed by atoms with van der Waals surface area (Å²) in [6.45, 7) is 0. The minimum Gasteiger partial charge on any atom is -0.406 e. The van der Waals surface area contributed by atoms with Crippen LogP contribution in [0.1, 0.15) is 5.56 Å². The zero-order valence-electron chi connectivity index (χ0n) is 10.5. The molecule has 3 nitrogen and oxygen atoms in total. The molecule has 0 atom stereocenters. The predicted octanol–water partition coefficient (Wildman–Crippen LogP) is 3.85. The van der Waals surface area contributed by atoms with Crippen LogP contribution in [0.4, 0.5) is 17.6 Å². The van der Waals surface area contributed by atoms with Crippen molar-refractivity contribution in [2.75, 3.05) is 0 Å². The van der Waals surface area contributed by atoms with Crippen LogP contribution in [0.2, 0.25) is 0 Å². The van der Waals surface area contributed by atoms with Gasteiger partial charge in [0.2, 0.25) is 5.95 Å². The van der Waals surface area contributed by atoms with E-state index in [4.69, 9.17) is 5.26 Å². The summed E-state index contributed by atoms with van der Waals surface area (Å²) < 4.78 is 53.7. The first-order valence-corrected chi connectivity index (χ1v) is 5.77. The highest BCUT2D eigenvalue weighted by atomic mass is 19.4. The molecule has 0 radical (unpaired) electrons. The molecule has 108 valence electrons. The molecule has 7 heteroatoms. The van der Waals surface area contributed by atoms with Gasteiger partial charge in [-0.15, -0.1) is 13.2 Å². The number of pyridine rings is 1. The van der Waals surface area contributed by atoms with Gasteiger partial charge in [0.1, 0.15) is 5.75 Å². The van der Waals surface area contributed by atoms with E-state index in [1.165, 1.54) is 24.4 Å². The topological polar surface area (TPSA) is 45.9 Å². The number of halogens is 4. The molecule has 1 aromatic carbocycles. The maximum Gasteiger partial charge on any atom is 0.573 e. The summed E-state index contributed by atoms with van der Waals surface area (Å²) in [5, 5.41) is 8.72. The minimum atomic E-state index is -4.78. The average molecular weight is 296 g/mol. The van der Waals surface area contributed by atoms with Crippen molar-refractivity contribution in [3.63, 3.8) is 0 Å². The number of nitriles is 1. The largest absolute Gasteiger partial charge is 0.573 e. The van der Waals surface area contributed by atoms with Gasteiger partial charge in [-0.1, -0.05) is 12.1 Å². The highest BCUT2D eigenvalue weighted by Crippen LogP contribution is 2.29. The van der Waals surface area contributed by atoms with Crippen LogP contribution >= 0.6 is 0 Å². The second kappa shape index (κ2) is 5.79. The van der Waals surface area contributed by atoms with Gasteiger partial charge in [0.15, 0.2) is 0 Å². The van der Waals surface area contributed by atoms with Crippen molar-refractivity contribution >= 4 is 0 Å². The molecule has 0 spiro atoms. The number of nitrogens with zero attached hydrogens (tertiary/aromatic N) is 2. The molecule has 0 bridgehead atoms. The number of ether oxygens (including phenoxy) is 1. The molecule has 0 fully saturated rings. The summed E-state index contributed by atoms with van der Waals surface area (Å²) in [4.78, 5) is 3.49. The summed E-state index contributed by atoms with van der Waals surface area (Å²) in [5.74, 6) is -1.19. The van der Waals surface area contributed by atoms with E-state index in [2.05, 4.69) is 9.72 Å². The van der Waals surface area contributed by atoms with Crippen LogP contribution in [0.25, 0.3) is 11.1 Å². The first-order chi connectivity index (χ1) is 9.90. The predicted molar refractivity (Wildman–Crippen MR) is 65.6 cm³/mol. The van der Waals surface area contributed by atoms with Gasteiger partial charge in [-0.05, 0) is 29.3 Å². The van der Waals surface area contributed by atoms with Crippen molar-refractivity contribution in [2.45, 2.75) is 12.8 Å². The fourth-order valence-corrected chi connectivity index (χ4v) is 1.83. The van der Waals surface area contributed by atoms with E-state index in [-0.39, 0.29) is 12.0 Å². The fraction of sp³-hybridized carbons (Fsp3) is 0.143. The molecular formula is C14H8F4N2O. The SMILES string of the molecule is N#CCc1ccnc(F)c1-c1ccc(OC(F)(F)F)cc1. The second-order valence-electron chi connectivity index (χ2n) is 4.04. The molecule has 1 aromatic heterocycles. The van der Waals surface area contributed by atoms with Gasteiger partial charge in [0.25, 0.3) is 0 Å². The highest BCUT2D eigenvalue weighted by molar-refractivity contribution is 5.68. The number of rotatable bonds is 3. The van der Waals surface area contributed by atoms with Gasteiger partial charge >= 0.3 is 6.36 Å². The molecular weight excluding hydrogens is 288 g/mol. The van der Waals surface area contributed by atoms with Gasteiger partial charge in [0, 0.05) is 11.8 Å². The van der Waals surface area contributed by atoms with E-state index in [1.807, 2.05) is 6.07 Å². The number of hydrogen-bond donors (Lipinski definition) is 0. The van der Waals surface area contributed by atoms with Crippen molar-refractivity contribution in [2.24, 2.45) is 0 Å². The number of alkyl halides is 3. The Morgan fingerprint density at radius 1 is 1.14 bits per heavy atom. The van der Waals surface area contributed by atoms with E-state index in [1.54, 1.807) is 0 Å². The lowest BCUT2D eigenvalue weighted by Crippen LogP contribution is -2.16. The standard InChI is InChI=1S/C14H8F4N2O/c15-13-12(10(5-7-19)6-8-20-13)9-1-3-11(4-2-9)21-14(16,17)18/h1-4,6,8H,5H2. The van der Waals surface area contributed by atoms with Crippen molar-refractivity contribution in [1.82, 2.24) is 4.98 Å². The van der Waals surface area contributed by atoms with Gasteiger partial charge < -0.3 is 4.74 Å². The van der Waals surface area contributed by atoms with Crippen LogP contribution < -0.4 is 4.74 Å². The minimum absolute atomic E-state index is 0.0322. The Labute approximate surface area is 117 Å². The third-order valence-corrected chi connectivity index (χ3v) is 2.64. The summed E-state index contributed by atoms with van der Waals surface area (Å²) in [6.07, 6.45) is -3.59. The molecule has 0 saturated carbocycles. The monoisotopic (exact) mass is 296 g/mol. The van der Waals surface area contributed by atoms with Crippen molar-refractivity contribution in [3.05, 3.63) is 48.0 Å². The van der Waals surface area contributed by atoms with Crippen LogP contribution in [-0.4, -0.2) is 11.3 Å². The van der Waals surface area contributed by atoms with E-state index < -0.39 is 18.1 Å². The van der Waals surface area contributed by atoms with Gasteiger partial charge in [-0.3, -0.25) is 0 Å². The molecule has 21 heavy (non-hydrogen) atoms. The summed E-state index contributed by atoms with van der Waals surface area (Å²) in [5.41, 5.74) is 0.826. The highest BCUT2D eigenvalue weighted by Gasteiger charge is 2.31. The molecule has 0 aliphatic carbocycles. The second-order valence-corrected chi connectivity index (χ2v) is 4.04. The molecule has 0 saturated heterocycles. The van der Waals surface area contributed by atoms with Crippen LogP contribution in [0.3, 0.4) is 0 Å². The Hall–Kier alpha value is -2.62. The molecule has 1 heterocycles. The zero-order valence-corrected chi connectivity index (χ0v) is 10.5. The Balaban J connectivity index is 2.38. The molecule has 0 aliphatic rings. The molecule has 0 unspecified atom stereocenters. The lowest BCUT2D eigenvalue weighted by molar-refractivity contribution is -0.274. The van der Waals surface area contributed by atoms with Crippen LogP contribution in [-0.2, 0) is 6.42 Å². The maximum atomic E-state index is 13.8. The first-order valence-electron chi connectivity index (χ1n) is 5.77. The summed E-state index contributed by atoms with van der Waals surface area (Å²) >= 11 is 0. The molecule has 0 N–H and O–H groups in total. The molecule has 0 aliphatic heterocycles. The van der Waals surface area contributed by atoms with E-state index >= 15 is 0 Å². The molecule has 0 amide bonds. The van der Waals surface area contributed by atoms with Crippen LogP contribution in [0.15, 0.2) is 36.5 Å². The van der Waals surface area contributed by atoms with Crippen LogP contribution in [0.5, 0.6) is 5.75 Å². The third-order valence-electron chi connectivity index (χ3n) is 2.64. The van der Waals surface area contributed by atoms with Crippen LogP contribution in [0, 0.1) is 17.3 Å². The quantitative estimate of drug-likeness (QED) is 0.638. The Morgan fingerprint density at radius 3 is 2.38 bits per heavy atom. The maximum absolute atomic E-state index is 13.8. The Bertz CT molecular complexity index is 675. The average Bonchev–Trinajstić information content (AvgIpc) is 2.39. The van der Waals surface area contributed by atoms with E-state index in [9.17, 15) is 17.6 Å². The molecule has 2 rings (SSSR count). The van der Waals surface area contributed by atoms with Crippen molar-refractivity contribution < 1.29 is 22.3 Å².